The zero-order valence-electron chi connectivity index (χ0n) is 13.5. The van der Waals surface area contributed by atoms with Gasteiger partial charge in [-0.1, -0.05) is 13.8 Å². The van der Waals surface area contributed by atoms with Gasteiger partial charge in [-0.15, -0.1) is 0 Å². The van der Waals surface area contributed by atoms with Crippen LogP contribution in [-0.4, -0.2) is 24.2 Å². The molecule has 3 aromatic rings. The Morgan fingerprint density at radius 3 is 2.74 bits per heavy atom. The summed E-state index contributed by atoms with van der Waals surface area (Å²) in [7, 11) is 1.94. The largest absolute Gasteiger partial charge is 0.508 e. The number of imidazole rings is 1. The van der Waals surface area contributed by atoms with Gasteiger partial charge >= 0.3 is 0 Å². The van der Waals surface area contributed by atoms with Crippen LogP contribution in [0.15, 0.2) is 35.5 Å². The summed E-state index contributed by atoms with van der Waals surface area (Å²) in [5.74, 6) is 0.961. The van der Waals surface area contributed by atoms with Crippen LogP contribution in [0.3, 0.4) is 0 Å². The van der Waals surface area contributed by atoms with Gasteiger partial charge in [0, 0.05) is 43.9 Å². The fourth-order valence-corrected chi connectivity index (χ4v) is 2.74. The highest BCUT2D eigenvalue weighted by molar-refractivity contribution is 5.79. The smallest absolute Gasteiger partial charge is 0.261 e. The van der Waals surface area contributed by atoms with Crippen molar-refractivity contribution >= 4 is 10.9 Å². The Balaban J connectivity index is 2.08. The fourth-order valence-electron chi connectivity index (χ4n) is 2.74. The SMILES string of the molecule is CC(C)c1nc2cc(O)ccc2c(=O)n1CCc1cncn1C. The number of rotatable bonds is 4. The molecule has 0 saturated carbocycles. The van der Waals surface area contributed by atoms with E-state index in [-0.39, 0.29) is 17.2 Å². The van der Waals surface area contributed by atoms with Gasteiger partial charge in [-0.05, 0) is 12.1 Å². The second-order valence-electron chi connectivity index (χ2n) is 6.03. The Bertz CT molecular complexity index is 909. The van der Waals surface area contributed by atoms with Crippen LogP contribution in [0, 0.1) is 0 Å². The van der Waals surface area contributed by atoms with Crippen molar-refractivity contribution in [2.75, 3.05) is 0 Å². The molecule has 0 unspecified atom stereocenters. The summed E-state index contributed by atoms with van der Waals surface area (Å²) < 4.78 is 3.68. The van der Waals surface area contributed by atoms with Gasteiger partial charge in [-0.3, -0.25) is 9.36 Å². The lowest BCUT2D eigenvalue weighted by Crippen LogP contribution is -2.27. The van der Waals surface area contributed by atoms with E-state index in [4.69, 9.17) is 0 Å². The first kappa shape index (κ1) is 15.3. The van der Waals surface area contributed by atoms with Gasteiger partial charge in [0.05, 0.1) is 17.2 Å². The maximum absolute atomic E-state index is 12.8. The van der Waals surface area contributed by atoms with Gasteiger partial charge in [0.15, 0.2) is 0 Å². The highest BCUT2D eigenvalue weighted by atomic mass is 16.3. The average Bonchev–Trinajstić information content (AvgIpc) is 2.91. The summed E-state index contributed by atoms with van der Waals surface area (Å²) in [4.78, 5) is 21.5. The van der Waals surface area contributed by atoms with E-state index in [2.05, 4.69) is 9.97 Å². The van der Waals surface area contributed by atoms with E-state index in [1.165, 1.54) is 12.1 Å². The van der Waals surface area contributed by atoms with Crippen molar-refractivity contribution in [3.8, 4) is 5.75 Å². The average molecular weight is 312 g/mol. The van der Waals surface area contributed by atoms with Gasteiger partial charge in [-0.25, -0.2) is 9.97 Å². The van der Waals surface area contributed by atoms with Crippen molar-refractivity contribution in [1.82, 2.24) is 19.1 Å². The first-order chi connectivity index (χ1) is 11.0. The van der Waals surface area contributed by atoms with Gasteiger partial charge < -0.3 is 9.67 Å². The molecule has 0 spiro atoms. The molecule has 0 radical (unpaired) electrons. The number of benzene rings is 1. The monoisotopic (exact) mass is 312 g/mol. The normalized spacial score (nSPS) is 11.5. The molecule has 0 aliphatic rings. The van der Waals surface area contributed by atoms with Crippen molar-refractivity contribution in [3.63, 3.8) is 0 Å². The second kappa shape index (κ2) is 5.87. The van der Waals surface area contributed by atoms with Crippen molar-refractivity contribution in [2.24, 2.45) is 7.05 Å². The molecule has 2 aromatic heterocycles. The Labute approximate surface area is 134 Å². The highest BCUT2D eigenvalue weighted by Gasteiger charge is 2.14. The number of aryl methyl sites for hydroxylation is 2. The van der Waals surface area contributed by atoms with Crippen LogP contribution in [0.25, 0.3) is 10.9 Å². The molecule has 6 nitrogen and oxygen atoms in total. The third-order valence-corrected chi connectivity index (χ3v) is 3.99. The minimum atomic E-state index is -0.0686. The molecule has 120 valence electrons. The van der Waals surface area contributed by atoms with Crippen LogP contribution < -0.4 is 5.56 Å². The molecule has 23 heavy (non-hydrogen) atoms. The molecular weight excluding hydrogens is 292 g/mol. The van der Waals surface area contributed by atoms with Crippen molar-refractivity contribution < 1.29 is 5.11 Å². The fraction of sp³-hybridized carbons (Fsp3) is 0.353. The summed E-state index contributed by atoms with van der Waals surface area (Å²) in [5.41, 5.74) is 1.54. The van der Waals surface area contributed by atoms with Crippen LogP contribution in [0.4, 0.5) is 0 Å². The van der Waals surface area contributed by atoms with E-state index in [0.717, 1.165) is 11.5 Å². The van der Waals surface area contributed by atoms with E-state index >= 15 is 0 Å². The number of fused-ring (bicyclic) bond motifs is 1. The Morgan fingerprint density at radius 2 is 2.09 bits per heavy atom. The van der Waals surface area contributed by atoms with Crippen LogP contribution in [0.2, 0.25) is 0 Å². The molecule has 0 fully saturated rings. The predicted molar refractivity (Wildman–Crippen MR) is 88.7 cm³/mol. The second-order valence-corrected chi connectivity index (χ2v) is 6.03. The molecule has 0 atom stereocenters. The molecule has 6 heteroatoms. The van der Waals surface area contributed by atoms with E-state index < -0.39 is 0 Å². The molecule has 0 aliphatic carbocycles. The molecule has 1 N–H and O–H groups in total. The lowest BCUT2D eigenvalue weighted by atomic mass is 10.1. The van der Waals surface area contributed by atoms with Gasteiger partial charge in [0.2, 0.25) is 0 Å². The van der Waals surface area contributed by atoms with Gasteiger partial charge in [-0.2, -0.15) is 0 Å². The Hall–Kier alpha value is -2.63. The third kappa shape index (κ3) is 2.84. The zero-order chi connectivity index (χ0) is 16.6. The number of phenols is 1. The summed E-state index contributed by atoms with van der Waals surface area (Å²) in [5, 5.41) is 10.1. The lowest BCUT2D eigenvalue weighted by molar-refractivity contribution is 0.476. The van der Waals surface area contributed by atoms with E-state index in [0.29, 0.717) is 23.9 Å². The maximum Gasteiger partial charge on any atom is 0.261 e. The van der Waals surface area contributed by atoms with E-state index in [1.807, 2.05) is 31.7 Å². The van der Waals surface area contributed by atoms with Crippen LogP contribution in [0.5, 0.6) is 5.75 Å². The minimum absolute atomic E-state index is 0.0686. The van der Waals surface area contributed by atoms with Crippen molar-refractivity contribution in [3.05, 3.63) is 52.6 Å². The first-order valence-electron chi connectivity index (χ1n) is 7.66. The topological polar surface area (TPSA) is 72.9 Å². The van der Waals surface area contributed by atoms with E-state index in [1.54, 1.807) is 17.0 Å². The number of nitrogens with zero attached hydrogens (tertiary/aromatic N) is 4. The molecule has 0 bridgehead atoms. The summed E-state index contributed by atoms with van der Waals surface area (Å²) in [6.45, 7) is 4.57. The zero-order valence-corrected chi connectivity index (χ0v) is 13.5. The third-order valence-electron chi connectivity index (χ3n) is 3.99. The molecule has 0 aliphatic heterocycles. The minimum Gasteiger partial charge on any atom is -0.508 e. The highest BCUT2D eigenvalue weighted by Crippen LogP contribution is 2.19. The van der Waals surface area contributed by atoms with Crippen LogP contribution in [0.1, 0.15) is 31.3 Å². The number of hydrogen-bond donors (Lipinski definition) is 1. The lowest BCUT2D eigenvalue weighted by Gasteiger charge is -2.16. The standard InChI is InChI=1S/C17H20N4O2/c1-11(2)16-19-15-8-13(22)4-5-14(15)17(23)21(16)7-6-12-9-18-10-20(12)3/h4-5,8-11,22H,6-7H2,1-3H3. The van der Waals surface area contributed by atoms with E-state index in [9.17, 15) is 9.90 Å². The quantitative estimate of drug-likeness (QED) is 0.801. The maximum atomic E-state index is 12.8. The van der Waals surface area contributed by atoms with Crippen molar-refractivity contribution in [1.29, 1.82) is 0 Å². The Kier molecular flexibility index (Phi) is 3.90. The molecule has 3 rings (SSSR count). The van der Waals surface area contributed by atoms with Gasteiger partial charge in [0.1, 0.15) is 11.6 Å². The Morgan fingerprint density at radius 1 is 1.30 bits per heavy atom. The van der Waals surface area contributed by atoms with Crippen LogP contribution in [-0.2, 0) is 20.0 Å². The van der Waals surface area contributed by atoms with Crippen molar-refractivity contribution in [2.45, 2.75) is 32.7 Å². The molecule has 2 heterocycles. The summed E-state index contributed by atoms with van der Waals surface area (Å²) in [6, 6.07) is 4.69. The molecule has 1 aromatic carbocycles. The van der Waals surface area contributed by atoms with Gasteiger partial charge in [0.25, 0.3) is 5.56 Å². The number of aromatic nitrogens is 4. The summed E-state index contributed by atoms with van der Waals surface area (Å²) in [6.07, 6.45) is 4.27. The molecule has 0 amide bonds. The van der Waals surface area contributed by atoms with Crippen LogP contribution >= 0.6 is 0 Å². The summed E-state index contributed by atoms with van der Waals surface area (Å²) >= 11 is 0. The number of phenolic OH excluding ortho intramolecular Hbond substituents is 1. The molecular formula is C17H20N4O2. The number of aromatic hydroxyl groups is 1. The predicted octanol–water partition coefficient (Wildman–Crippen LogP) is 2.20. The first-order valence-corrected chi connectivity index (χ1v) is 7.66. The molecule has 0 saturated heterocycles. The number of hydrogen-bond acceptors (Lipinski definition) is 4.